The Labute approximate surface area is 179 Å². The second-order valence-corrected chi connectivity index (χ2v) is 8.76. The van der Waals surface area contributed by atoms with Gasteiger partial charge in [0.2, 0.25) is 5.91 Å². The number of fused-ring (bicyclic) bond motifs is 1. The van der Waals surface area contributed by atoms with Gasteiger partial charge in [0.05, 0.1) is 16.4 Å². The number of carbonyl (C=O) groups excluding carboxylic acids is 2. The van der Waals surface area contributed by atoms with E-state index in [0.29, 0.717) is 11.4 Å². The third-order valence-electron chi connectivity index (χ3n) is 5.18. The van der Waals surface area contributed by atoms with Crippen LogP contribution in [0.2, 0.25) is 0 Å². The average molecular weight is 422 g/mol. The maximum absolute atomic E-state index is 13.0. The predicted molar refractivity (Wildman–Crippen MR) is 119 cm³/mol. The molecule has 1 aliphatic heterocycles. The Hall–Kier alpha value is -3.19. The Balaban J connectivity index is 1.68. The van der Waals surface area contributed by atoms with Crippen molar-refractivity contribution in [3.05, 3.63) is 57.9 Å². The lowest BCUT2D eigenvalue weighted by molar-refractivity contribution is -0.125. The molecule has 0 spiro atoms. The van der Waals surface area contributed by atoms with Gasteiger partial charge in [0.15, 0.2) is 6.61 Å². The number of amides is 2. The molecule has 1 atom stereocenters. The van der Waals surface area contributed by atoms with E-state index >= 15 is 0 Å². The molecule has 2 heterocycles. The molecule has 1 unspecified atom stereocenters. The fourth-order valence-corrected chi connectivity index (χ4v) is 4.45. The van der Waals surface area contributed by atoms with Crippen LogP contribution in [0.1, 0.15) is 22.4 Å². The highest BCUT2D eigenvalue weighted by molar-refractivity contribution is 7.11. The molecule has 0 radical (unpaired) electrons. The molecule has 6 nitrogen and oxygen atoms in total. The van der Waals surface area contributed by atoms with E-state index in [0.717, 1.165) is 32.4 Å². The number of aromatic nitrogens is 1. The largest absolute Gasteiger partial charge is 0.482 e. The Morgan fingerprint density at radius 3 is 2.67 bits per heavy atom. The van der Waals surface area contributed by atoms with Gasteiger partial charge in [-0.1, -0.05) is 18.2 Å². The molecule has 154 valence electrons. The highest BCUT2D eigenvalue weighted by Crippen LogP contribution is 2.38. The van der Waals surface area contributed by atoms with Gasteiger partial charge in [0.1, 0.15) is 11.8 Å². The van der Waals surface area contributed by atoms with Crippen molar-refractivity contribution in [1.29, 1.82) is 0 Å². The molecule has 4 rings (SSSR count). The van der Waals surface area contributed by atoms with E-state index in [2.05, 4.69) is 10.3 Å². The summed E-state index contributed by atoms with van der Waals surface area (Å²) in [4.78, 5) is 33.0. The lowest BCUT2D eigenvalue weighted by Gasteiger charge is -2.33. The molecule has 2 aromatic carbocycles. The van der Waals surface area contributed by atoms with Crippen LogP contribution < -0.4 is 15.0 Å². The number of nitrogens with zero attached hydrogens (tertiary/aromatic N) is 2. The van der Waals surface area contributed by atoms with Gasteiger partial charge in [-0.25, -0.2) is 4.98 Å². The van der Waals surface area contributed by atoms with E-state index in [9.17, 15) is 9.59 Å². The number of rotatable bonds is 4. The molecule has 1 N–H and O–H groups in total. The van der Waals surface area contributed by atoms with Crippen LogP contribution in [0, 0.1) is 20.8 Å². The summed E-state index contributed by atoms with van der Waals surface area (Å²) >= 11 is 1.63. The van der Waals surface area contributed by atoms with E-state index in [1.807, 2.05) is 63.2 Å². The van der Waals surface area contributed by atoms with Gasteiger partial charge in [0, 0.05) is 16.1 Å². The summed E-state index contributed by atoms with van der Waals surface area (Å²) in [5, 5.41) is 3.91. The first kappa shape index (κ1) is 20.1. The average Bonchev–Trinajstić information content (AvgIpc) is 3.06. The number of carbonyl (C=O) groups is 2. The van der Waals surface area contributed by atoms with Crippen molar-refractivity contribution in [3.63, 3.8) is 0 Å². The quantitative estimate of drug-likeness (QED) is 0.674. The van der Waals surface area contributed by atoms with E-state index in [1.165, 1.54) is 4.90 Å². The van der Waals surface area contributed by atoms with Crippen molar-refractivity contribution in [2.24, 2.45) is 0 Å². The van der Waals surface area contributed by atoms with E-state index in [1.54, 1.807) is 18.3 Å². The molecule has 0 aliphatic carbocycles. The van der Waals surface area contributed by atoms with Gasteiger partial charge in [-0.3, -0.25) is 14.5 Å². The molecule has 3 aromatic rings. The number of hydrogen-bond donors (Lipinski definition) is 1. The maximum Gasteiger partial charge on any atom is 0.265 e. The SMILES string of the molecule is Cc1nc(-c2ccc3c(c2)N(C(C)C(=O)Nc2ccccc2C)C(=O)CO3)c(C)s1. The maximum atomic E-state index is 13.0. The second-order valence-electron chi connectivity index (χ2n) is 7.35. The van der Waals surface area contributed by atoms with Crippen molar-refractivity contribution in [2.45, 2.75) is 33.7 Å². The van der Waals surface area contributed by atoms with Gasteiger partial charge < -0.3 is 10.1 Å². The van der Waals surface area contributed by atoms with Crippen LogP contribution in [0.25, 0.3) is 11.3 Å². The first-order valence-corrected chi connectivity index (χ1v) is 10.6. The van der Waals surface area contributed by atoms with Crippen LogP contribution in [-0.4, -0.2) is 29.4 Å². The molecule has 2 amide bonds. The summed E-state index contributed by atoms with van der Waals surface area (Å²) in [6.07, 6.45) is 0. The van der Waals surface area contributed by atoms with Crippen molar-refractivity contribution >= 4 is 34.5 Å². The van der Waals surface area contributed by atoms with E-state index in [-0.39, 0.29) is 18.4 Å². The van der Waals surface area contributed by atoms with Crippen molar-refractivity contribution in [3.8, 4) is 17.0 Å². The van der Waals surface area contributed by atoms with Crippen LogP contribution in [0.3, 0.4) is 0 Å². The number of anilines is 2. The third kappa shape index (κ3) is 3.68. The monoisotopic (exact) mass is 421 g/mol. The van der Waals surface area contributed by atoms with Crippen molar-refractivity contribution < 1.29 is 14.3 Å². The van der Waals surface area contributed by atoms with Gasteiger partial charge in [0.25, 0.3) is 5.91 Å². The van der Waals surface area contributed by atoms with Crippen LogP contribution in [0.15, 0.2) is 42.5 Å². The second kappa shape index (κ2) is 7.91. The summed E-state index contributed by atoms with van der Waals surface area (Å²) in [5.74, 6) is 0.0772. The fourth-order valence-electron chi connectivity index (χ4n) is 3.61. The molecular formula is C23H23N3O3S. The number of para-hydroxylation sites is 1. The first-order valence-electron chi connectivity index (χ1n) is 9.75. The Morgan fingerprint density at radius 1 is 1.20 bits per heavy atom. The molecule has 1 aromatic heterocycles. The molecule has 1 aliphatic rings. The Bertz CT molecular complexity index is 1140. The molecule has 0 fully saturated rings. The van der Waals surface area contributed by atoms with Crippen molar-refractivity contribution in [1.82, 2.24) is 4.98 Å². The molecule has 0 saturated carbocycles. The molecule has 0 bridgehead atoms. The zero-order chi connectivity index (χ0) is 21.4. The van der Waals surface area contributed by atoms with E-state index < -0.39 is 6.04 Å². The number of hydrogen-bond acceptors (Lipinski definition) is 5. The van der Waals surface area contributed by atoms with Gasteiger partial charge in [-0.15, -0.1) is 11.3 Å². The summed E-state index contributed by atoms with van der Waals surface area (Å²) in [5.41, 5.74) is 4.06. The predicted octanol–water partition coefficient (Wildman–Crippen LogP) is 4.49. The van der Waals surface area contributed by atoms with Crippen LogP contribution in [0.4, 0.5) is 11.4 Å². The lowest BCUT2D eigenvalue weighted by Crippen LogP contribution is -2.49. The highest BCUT2D eigenvalue weighted by Gasteiger charge is 2.33. The van der Waals surface area contributed by atoms with E-state index in [4.69, 9.17) is 4.74 Å². The fraction of sp³-hybridized carbons (Fsp3) is 0.261. The smallest absolute Gasteiger partial charge is 0.265 e. The minimum absolute atomic E-state index is 0.0941. The van der Waals surface area contributed by atoms with Gasteiger partial charge in [-0.2, -0.15) is 0 Å². The first-order chi connectivity index (χ1) is 14.3. The third-order valence-corrected chi connectivity index (χ3v) is 6.07. The summed E-state index contributed by atoms with van der Waals surface area (Å²) in [7, 11) is 0. The molecule has 30 heavy (non-hydrogen) atoms. The summed E-state index contributed by atoms with van der Waals surface area (Å²) < 4.78 is 5.62. The topological polar surface area (TPSA) is 71.5 Å². The minimum Gasteiger partial charge on any atom is -0.482 e. The molecule has 0 saturated heterocycles. The highest BCUT2D eigenvalue weighted by atomic mass is 32.1. The molecule has 7 heteroatoms. The summed E-state index contributed by atoms with van der Waals surface area (Å²) in [6, 6.07) is 12.5. The number of aryl methyl sites for hydroxylation is 3. The number of ether oxygens (including phenoxy) is 1. The summed E-state index contributed by atoms with van der Waals surface area (Å²) in [6.45, 7) is 7.56. The standard InChI is InChI=1S/C23H23N3O3S/c1-13-7-5-6-8-18(13)25-23(28)14(2)26-19-11-17(22-15(3)30-16(4)24-22)9-10-20(19)29-12-21(26)27/h5-11,14H,12H2,1-4H3,(H,25,28). The number of nitrogens with one attached hydrogen (secondary N) is 1. The lowest BCUT2D eigenvalue weighted by atomic mass is 10.1. The molecular weight excluding hydrogens is 398 g/mol. The zero-order valence-corrected chi connectivity index (χ0v) is 18.2. The van der Waals surface area contributed by atoms with Gasteiger partial charge >= 0.3 is 0 Å². The zero-order valence-electron chi connectivity index (χ0n) is 17.4. The van der Waals surface area contributed by atoms with Crippen LogP contribution in [0.5, 0.6) is 5.75 Å². The number of benzene rings is 2. The normalized spacial score (nSPS) is 14.1. The minimum atomic E-state index is -0.701. The Kier molecular flexibility index (Phi) is 5.30. The Morgan fingerprint density at radius 2 is 1.97 bits per heavy atom. The van der Waals surface area contributed by atoms with Crippen molar-refractivity contribution in [2.75, 3.05) is 16.8 Å². The van der Waals surface area contributed by atoms with Crippen LogP contribution >= 0.6 is 11.3 Å². The van der Waals surface area contributed by atoms with Crippen LogP contribution in [-0.2, 0) is 9.59 Å². The number of thiazole rings is 1. The van der Waals surface area contributed by atoms with Gasteiger partial charge in [-0.05, 0) is 57.5 Å².